The molecule has 0 spiro atoms. The molecule has 2 aromatic rings. The molecule has 4 nitrogen and oxygen atoms in total. The summed E-state index contributed by atoms with van der Waals surface area (Å²) >= 11 is 0. The summed E-state index contributed by atoms with van der Waals surface area (Å²) in [6.45, 7) is 5.00. The van der Waals surface area contributed by atoms with E-state index in [1.165, 1.54) is 11.1 Å². The molecule has 22 heavy (non-hydrogen) atoms. The number of aryl methyl sites for hydroxylation is 1. The van der Waals surface area contributed by atoms with Crippen LogP contribution in [0.1, 0.15) is 29.7 Å². The van der Waals surface area contributed by atoms with Crippen LogP contribution in [0, 0.1) is 6.92 Å². The molecule has 0 saturated carbocycles. The summed E-state index contributed by atoms with van der Waals surface area (Å²) in [5.41, 5.74) is 3.56. The van der Waals surface area contributed by atoms with E-state index in [4.69, 9.17) is 5.14 Å². The fraction of sp³-hybridized carbons (Fsp3) is 0.294. The number of nitrogens with two attached hydrogens (primary N) is 1. The molecule has 0 fully saturated rings. The number of nitrogens with zero attached hydrogens (tertiary/aromatic N) is 1. The Labute approximate surface area is 132 Å². The van der Waals surface area contributed by atoms with E-state index in [0.717, 1.165) is 12.1 Å². The van der Waals surface area contributed by atoms with Crippen molar-refractivity contribution in [1.82, 2.24) is 4.90 Å². The van der Waals surface area contributed by atoms with E-state index in [0.29, 0.717) is 0 Å². The third kappa shape index (κ3) is 4.16. The SMILES string of the molecule is Cc1ccc(CN(C)C(C)c2ccc(S(N)(=O)=O)cc2)cc1. The lowest BCUT2D eigenvalue weighted by Gasteiger charge is -2.25. The molecule has 1 unspecified atom stereocenters. The highest BCUT2D eigenvalue weighted by Gasteiger charge is 2.14. The number of sulfonamides is 1. The fourth-order valence-electron chi connectivity index (χ4n) is 2.31. The highest BCUT2D eigenvalue weighted by Crippen LogP contribution is 2.22. The molecule has 0 bridgehead atoms. The van der Waals surface area contributed by atoms with E-state index in [2.05, 4.69) is 50.1 Å². The van der Waals surface area contributed by atoms with Crippen LogP contribution in [0.3, 0.4) is 0 Å². The van der Waals surface area contributed by atoms with E-state index < -0.39 is 10.0 Å². The average Bonchev–Trinajstić information content (AvgIpc) is 2.48. The third-order valence-electron chi connectivity index (χ3n) is 3.90. The lowest BCUT2D eigenvalue weighted by Crippen LogP contribution is -2.22. The van der Waals surface area contributed by atoms with Gasteiger partial charge in [0.25, 0.3) is 0 Å². The molecule has 2 rings (SSSR count). The van der Waals surface area contributed by atoms with Crippen LogP contribution in [0.15, 0.2) is 53.4 Å². The molecule has 0 heterocycles. The van der Waals surface area contributed by atoms with E-state index in [9.17, 15) is 8.42 Å². The maximum atomic E-state index is 11.3. The fourth-order valence-corrected chi connectivity index (χ4v) is 2.82. The van der Waals surface area contributed by atoms with Crippen LogP contribution in [0.25, 0.3) is 0 Å². The first-order valence-electron chi connectivity index (χ1n) is 7.16. The number of primary sulfonamides is 1. The normalized spacial score (nSPS) is 13.3. The Hall–Kier alpha value is -1.69. The molecule has 0 aliphatic heterocycles. The summed E-state index contributed by atoms with van der Waals surface area (Å²) in [4.78, 5) is 2.36. The van der Waals surface area contributed by atoms with Gasteiger partial charge in [-0.2, -0.15) is 0 Å². The average molecular weight is 318 g/mol. The van der Waals surface area contributed by atoms with E-state index in [1.807, 2.05) is 12.1 Å². The largest absolute Gasteiger partial charge is 0.295 e. The monoisotopic (exact) mass is 318 g/mol. The molecule has 2 aromatic carbocycles. The zero-order valence-corrected chi connectivity index (χ0v) is 14.0. The van der Waals surface area contributed by atoms with Crippen molar-refractivity contribution in [3.63, 3.8) is 0 Å². The van der Waals surface area contributed by atoms with E-state index in [-0.39, 0.29) is 10.9 Å². The lowest BCUT2D eigenvalue weighted by molar-refractivity contribution is 0.253. The van der Waals surface area contributed by atoms with Crippen molar-refractivity contribution in [2.24, 2.45) is 5.14 Å². The maximum Gasteiger partial charge on any atom is 0.238 e. The second-order valence-electron chi connectivity index (χ2n) is 5.69. The number of hydrogen-bond donors (Lipinski definition) is 1. The van der Waals surface area contributed by atoms with Crippen molar-refractivity contribution in [2.75, 3.05) is 7.05 Å². The molecule has 0 aliphatic rings. The van der Waals surface area contributed by atoms with Crippen LogP contribution in [0.5, 0.6) is 0 Å². The van der Waals surface area contributed by atoms with E-state index >= 15 is 0 Å². The molecule has 0 saturated heterocycles. The van der Waals surface area contributed by atoms with Gasteiger partial charge in [-0.05, 0) is 44.2 Å². The van der Waals surface area contributed by atoms with Crippen LogP contribution >= 0.6 is 0 Å². The molecule has 118 valence electrons. The Bertz CT molecular complexity index is 722. The Kier molecular flexibility index (Phi) is 5.01. The van der Waals surface area contributed by atoms with Crippen LogP contribution in [0.2, 0.25) is 0 Å². The molecule has 2 N–H and O–H groups in total. The first kappa shape index (κ1) is 16.7. The minimum Gasteiger partial charge on any atom is -0.295 e. The summed E-state index contributed by atoms with van der Waals surface area (Å²) in [6.07, 6.45) is 0. The van der Waals surface area contributed by atoms with Crippen LogP contribution in [0.4, 0.5) is 0 Å². The maximum absolute atomic E-state index is 11.3. The Balaban J connectivity index is 2.10. The quantitative estimate of drug-likeness (QED) is 0.922. The van der Waals surface area contributed by atoms with Crippen molar-refractivity contribution in [3.05, 3.63) is 65.2 Å². The minimum absolute atomic E-state index is 0.143. The van der Waals surface area contributed by atoms with Gasteiger partial charge in [-0.25, -0.2) is 13.6 Å². The van der Waals surface area contributed by atoms with Crippen LogP contribution in [-0.2, 0) is 16.6 Å². The smallest absolute Gasteiger partial charge is 0.238 e. The molecule has 0 amide bonds. The number of rotatable bonds is 5. The molecule has 1 atom stereocenters. The second-order valence-corrected chi connectivity index (χ2v) is 7.25. The van der Waals surface area contributed by atoms with Gasteiger partial charge in [0, 0.05) is 12.6 Å². The van der Waals surface area contributed by atoms with Crippen molar-refractivity contribution in [3.8, 4) is 0 Å². The molecule has 5 heteroatoms. The molecular formula is C17H22N2O2S. The zero-order valence-electron chi connectivity index (χ0n) is 13.2. The van der Waals surface area contributed by atoms with Gasteiger partial charge in [0.15, 0.2) is 0 Å². The predicted molar refractivity (Wildman–Crippen MR) is 88.9 cm³/mol. The van der Waals surface area contributed by atoms with Gasteiger partial charge in [0.05, 0.1) is 4.90 Å². The second kappa shape index (κ2) is 6.60. The number of hydrogen-bond acceptors (Lipinski definition) is 3. The molecule has 0 aromatic heterocycles. The van der Waals surface area contributed by atoms with Crippen molar-refractivity contribution in [1.29, 1.82) is 0 Å². The molecule has 0 radical (unpaired) electrons. The first-order chi connectivity index (χ1) is 10.3. The Morgan fingerprint density at radius 2 is 1.59 bits per heavy atom. The third-order valence-corrected chi connectivity index (χ3v) is 4.83. The lowest BCUT2D eigenvalue weighted by atomic mass is 10.1. The van der Waals surface area contributed by atoms with Gasteiger partial charge < -0.3 is 0 Å². The summed E-state index contributed by atoms with van der Waals surface area (Å²) in [5.74, 6) is 0. The Morgan fingerprint density at radius 1 is 1.05 bits per heavy atom. The highest BCUT2D eigenvalue weighted by molar-refractivity contribution is 7.89. The topological polar surface area (TPSA) is 63.4 Å². The van der Waals surface area contributed by atoms with Gasteiger partial charge in [-0.3, -0.25) is 4.90 Å². The first-order valence-corrected chi connectivity index (χ1v) is 8.70. The van der Waals surface area contributed by atoms with Gasteiger partial charge in [-0.1, -0.05) is 42.0 Å². The van der Waals surface area contributed by atoms with Crippen LogP contribution < -0.4 is 5.14 Å². The summed E-state index contributed by atoms with van der Waals surface area (Å²) < 4.78 is 22.6. The van der Waals surface area contributed by atoms with Gasteiger partial charge in [0.1, 0.15) is 0 Å². The minimum atomic E-state index is -3.63. The van der Waals surface area contributed by atoms with Gasteiger partial charge in [-0.15, -0.1) is 0 Å². The molecular weight excluding hydrogens is 296 g/mol. The highest BCUT2D eigenvalue weighted by atomic mass is 32.2. The van der Waals surface area contributed by atoms with E-state index in [1.54, 1.807) is 12.1 Å². The van der Waals surface area contributed by atoms with Crippen molar-refractivity contribution in [2.45, 2.75) is 31.3 Å². The standard InChI is InChI=1S/C17H22N2O2S/c1-13-4-6-15(7-5-13)12-19(3)14(2)16-8-10-17(11-9-16)22(18,20)21/h4-11,14H,12H2,1-3H3,(H2,18,20,21). The number of benzene rings is 2. The zero-order chi connectivity index (χ0) is 16.3. The van der Waals surface area contributed by atoms with Crippen molar-refractivity contribution >= 4 is 10.0 Å². The van der Waals surface area contributed by atoms with Gasteiger partial charge in [0.2, 0.25) is 10.0 Å². The van der Waals surface area contributed by atoms with Gasteiger partial charge >= 0.3 is 0 Å². The summed E-state index contributed by atoms with van der Waals surface area (Å²) in [6, 6.07) is 15.4. The summed E-state index contributed by atoms with van der Waals surface area (Å²) in [7, 11) is -1.58. The molecule has 0 aliphatic carbocycles. The summed E-state index contributed by atoms with van der Waals surface area (Å²) in [5, 5.41) is 5.12. The predicted octanol–water partition coefficient (Wildman–Crippen LogP) is 2.84. The van der Waals surface area contributed by atoms with Crippen molar-refractivity contribution < 1.29 is 8.42 Å². The van der Waals surface area contributed by atoms with Crippen LogP contribution in [-0.4, -0.2) is 20.4 Å². The Morgan fingerprint density at radius 3 is 2.09 bits per heavy atom.